The van der Waals surface area contributed by atoms with Gasteiger partial charge in [0.2, 0.25) is 0 Å². The van der Waals surface area contributed by atoms with Crippen LogP contribution in [0.5, 0.6) is 11.5 Å². The second-order valence-electron chi connectivity index (χ2n) is 10.8. The maximum atomic E-state index is 12.9. The first-order valence-corrected chi connectivity index (χ1v) is 14.7. The molecule has 2 aliphatic heterocycles. The van der Waals surface area contributed by atoms with E-state index >= 15 is 0 Å². The van der Waals surface area contributed by atoms with Crippen LogP contribution in [0, 0.1) is 5.92 Å². The third-order valence-corrected chi connectivity index (χ3v) is 11.9. The molecule has 0 N–H and O–H groups in total. The molecule has 32 heavy (non-hydrogen) atoms. The highest BCUT2D eigenvalue weighted by molar-refractivity contribution is 6.74. The number of carbonyl (C=O) groups is 1. The highest BCUT2D eigenvalue weighted by Gasteiger charge is 2.42. The van der Waals surface area contributed by atoms with E-state index in [9.17, 15) is 9.18 Å². The van der Waals surface area contributed by atoms with Crippen LogP contribution in [0.15, 0.2) is 12.1 Å². The van der Waals surface area contributed by atoms with E-state index in [0.717, 1.165) is 43.9 Å². The summed E-state index contributed by atoms with van der Waals surface area (Å²) in [5.74, 6) is 1.51. The number of hydrogen-bond acceptors (Lipinski definition) is 5. The molecule has 0 saturated carbocycles. The highest BCUT2D eigenvalue weighted by atomic mass is 28.4. The molecule has 1 aromatic carbocycles. The van der Waals surface area contributed by atoms with E-state index in [1.165, 1.54) is 18.1 Å². The van der Waals surface area contributed by atoms with E-state index in [1.807, 2.05) is 0 Å². The predicted molar refractivity (Wildman–Crippen MR) is 128 cm³/mol. The quantitative estimate of drug-likeness (QED) is 0.383. The van der Waals surface area contributed by atoms with Gasteiger partial charge in [-0.1, -0.05) is 20.8 Å². The Kier molecular flexibility index (Phi) is 7.60. The molecular weight excluding hydrogens is 425 g/mol. The Labute approximate surface area is 193 Å². The third kappa shape index (κ3) is 5.30. The maximum absolute atomic E-state index is 12.9. The zero-order valence-corrected chi connectivity index (χ0v) is 21.8. The topological polar surface area (TPSA) is 48.0 Å². The zero-order valence-electron chi connectivity index (χ0n) is 20.8. The van der Waals surface area contributed by atoms with Crippen molar-refractivity contribution in [3.63, 3.8) is 0 Å². The number of ether oxygens (including phenoxy) is 2. The van der Waals surface area contributed by atoms with Gasteiger partial charge in [0.15, 0.2) is 5.75 Å². The summed E-state index contributed by atoms with van der Waals surface area (Å²) in [6.07, 6.45) is 2.75. The van der Waals surface area contributed by atoms with Crippen molar-refractivity contribution in [3.05, 3.63) is 23.3 Å². The van der Waals surface area contributed by atoms with Gasteiger partial charge in [-0.15, -0.1) is 0 Å². The molecule has 0 radical (unpaired) electrons. The molecule has 3 rings (SSSR count). The summed E-state index contributed by atoms with van der Waals surface area (Å²) < 4.78 is 31.0. The summed E-state index contributed by atoms with van der Waals surface area (Å²) in [5.41, 5.74) is 2.52. The molecule has 0 spiro atoms. The standard InChI is InChI=1S/C25H40FNO4Si/c1-17(28)30-22-15-21-20-14-24(31-32(6,7)25(2,3)4)23(29-5)13-18(20)10-12-27(21)16-19(22)9-8-11-26/h13-14,19,21-22H,8-12,15-16H2,1-7H3/t19-,21-,22?/m0/s1. The van der Waals surface area contributed by atoms with Crippen LogP contribution in [0.3, 0.4) is 0 Å². The Hall–Kier alpha value is -1.60. The van der Waals surface area contributed by atoms with Gasteiger partial charge in [0.25, 0.3) is 8.32 Å². The number of carbonyl (C=O) groups excluding carboxylic acids is 1. The molecular formula is C25H40FNO4Si. The van der Waals surface area contributed by atoms with Crippen molar-refractivity contribution in [1.29, 1.82) is 0 Å². The normalized spacial score (nSPS) is 23.8. The SMILES string of the molecule is COc1cc2c(cc1O[Si](C)(C)C(C)(C)C)[C@@H]1CC(OC(C)=O)[C@@H](CCCF)CN1CC2. The molecule has 0 aliphatic carbocycles. The first kappa shape index (κ1) is 25.0. The molecule has 0 aromatic heterocycles. The highest BCUT2D eigenvalue weighted by Crippen LogP contribution is 2.46. The number of benzene rings is 1. The lowest BCUT2D eigenvalue weighted by atomic mass is 9.80. The lowest BCUT2D eigenvalue weighted by Gasteiger charge is -2.47. The Balaban J connectivity index is 1.94. The van der Waals surface area contributed by atoms with Crippen molar-refractivity contribution >= 4 is 14.3 Å². The summed E-state index contributed by atoms with van der Waals surface area (Å²) in [6.45, 7) is 14.1. The fourth-order valence-corrected chi connectivity index (χ4v) is 5.74. The molecule has 1 unspecified atom stereocenters. The van der Waals surface area contributed by atoms with Crippen LogP contribution in [0.2, 0.25) is 18.1 Å². The van der Waals surface area contributed by atoms with Crippen LogP contribution < -0.4 is 9.16 Å². The van der Waals surface area contributed by atoms with Crippen molar-refractivity contribution in [2.24, 2.45) is 5.92 Å². The summed E-state index contributed by atoms with van der Waals surface area (Å²) >= 11 is 0. The largest absolute Gasteiger partial charge is 0.541 e. The summed E-state index contributed by atoms with van der Waals surface area (Å²) in [7, 11) is -0.345. The van der Waals surface area contributed by atoms with Crippen molar-refractivity contribution in [2.75, 3.05) is 26.9 Å². The fourth-order valence-electron chi connectivity index (χ4n) is 4.73. The van der Waals surface area contributed by atoms with Crippen LogP contribution in [0.25, 0.3) is 0 Å². The van der Waals surface area contributed by atoms with Gasteiger partial charge in [0, 0.05) is 38.4 Å². The monoisotopic (exact) mass is 465 g/mol. The van der Waals surface area contributed by atoms with Crippen molar-refractivity contribution < 1.29 is 23.1 Å². The van der Waals surface area contributed by atoms with Crippen LogP contribution in [-0.4, -0.2) is 52.2 Å². The molecule has 3 atom stereocenters. The predicted octanol–water partition coefficient (Wildman–Crippen LogP) is 5.68. The molecule has 5 nitrogen and oxygen atoms in total. The van der Waals surface area contributed by atoms with Crippen LogP contribution in [0.1, 0.15) is 64.1 Å². The van der Waals surface area contributed by atoms with E-state index in [4.69, 9.17) is 13.9 Å². The Morgan fingerprint density at radius 3 is 2.56 bits per heavy atom. The number of alkyl halides is 1. The van der Waals surface area contributed by atoms with E-state index < -0.39 is 8.32 Å². The average Bonchev–Trinajstić information content (AvgIpc) is 2.70. The minimum atomic E-state index is -2.04. The molecule has 2 heterocycles. The number of esters is 1. The van der Waals surface area contributed by atoms with Crippen molar-refractivity contribution in [1.82, 2.24) is 4.90 Å². The number of fused-ring (bicyclic) bond motifs is 3. The maximum Gasteiger partial charge on any atom is 0.302 e. The van der Waals surface area contributed by atoms with E-state index in [1.54, 1.807) is 7.11 Å². The Morgan fingerprint density at radius 1 is 1.25 bits per heavy atom. The van der Waals surface area contributed by atoms with E-state index in [2.05, 4.69) is 50.9 Å². The number of rotatable bonds is 7. The van der Waals surface area contributed by atoms with Gasteiger partial charge in [-0.05, 0) is 60.7 Å². The number of piperidine rings is 1. The minimum absolute atomic E-state index is 0.0782. The van der Waals surface area contributed by atoms with Gasteiger partial charge in [-0.3, -0.25) is 14.1 Å². The van der Waals surface area contributed by atoms with Crippen LogP contribution in [0.4, 0.5) is 4.39 Å². The molecule has 1 fully saturated rings. The van der Waals surface area contributed by atoms with Gasteiger partial charge >= 0.3 is 5.97 Å². The van der Waals surface area contributed by atoms with Gasteiger partial charge in [0.05, 0.1) is 13.8 Å². The van der Waals surface area contributed by atoms with Crippen molar-refractivity contribution in [3.8, 4) is 11.5 Å². The summed E-state index contributed by atoms with van der Waals surface area (Å²) in [6, 6.07) is 4.46. The lowest BCUT2D eigenvalue weighted by molar-refractivity contribution is -0.154. The number of nitrogens with zero attached hydrogens (tertiary/aromatic N) is 1. The van der Waals surface area contributed by atoms with E-state index in [0.29, 0.717) is 6.42 Å². The fraction of sp³-hybridized carbons (Fsp3) is 0.720. The molecule has 0 amide bonds. The van der Waals surface area contributed by atoms with Crippen LogP contribution >= 0.6 is 0 Å². The summed E-state index contributed by atoms with van der Waals surface area (Å²) in [5, 5.41) is 0.0782. The first-order chi connectivity index (χ1) is 15.0. The Bertz CT molecular complexity index is 823. The molecule has 0 bridgehead atoms. The smallest absolute Gasteiger partial charge is 0.302 e. The molecule has 7 heteroatoms. The van der Waals surface area contributed by atoms with Crippen molar-refractivity contribution in [2.45, 2.75) is 83.7 Å². The van der Waals surface area contributed by atoms with Crippen LogP contribution in [-0.2, 0) is 16.0 Å². The van der Waals surface area contributed by atoms with Gasteiger partial charge in [0.1, 0.15) is 11.9 Å². The third-order valence-electron chi connectivity index (χ3n) is 7.54. The van der Waals surface area contributed by atoms with Gasteiger partial charge in [-0.25, -0.2) is 0 Å². The van der Waals surface area contributed by atoms with E-state index in [-0.39, 0.29) is 35.7 Å². The number of hydrogen-bond donors (Lipinski definition) is 0. The average molecular weight is 466 g/mol. The number of methoxy groups -OCH3 is 1. The molecule has 1 aromatic rings. The second kappa shape index (κ2) is 9.72. The Morgan fingerprint density at radius 2 is 1.97 bits per heavy atom. The number of halogens is 1. The lowest BCUT2D eigenvalue weighted by Crippen LogP contribution is -2.49. The first-order valence-electron chi connectivity index (χ1n) is 11.8. The van der Waals surface area contributed by atoms with Gasteiger partial charge < -0.3 is 13.9 Å². The molecule has 180 valence electrons. The molecule has 2 aliphatic rings. The zero-order chi connectivity index (χ0) is 23.7. The second-order valence-corrected chi connectivity index (χ2v) is 15.5. The van der Waals surface area contributed by atoms with Gasteiger partial charge in [-0.2, -0.15) is 0 Å². The minimum Gasteiger partial charge on any atom is -0.541 e. The summed E-state index contributed by atoms with van der Waals surface area (Å²) in [4.78, 5) is 14.3. The molecule has 1 saturated heterocycles.